The molecule has 1 aromatic heterocycles. The van der Waals surface area contributed by atoms with Gasteiger partial charge in [0, 0.05) is 12.2 Å². The summed E-state index contributed by atoms with van der Waals surface area (Å²) in [6.45, 7) is 2.53. The second kappa shape index (κ2) is 5.43. The number of anilines is 2. The second-order valence-electron chi connectivity index (χ2n) is 3.90. The summed E-state index contributed by atoms with van der Waals surface area (Å²) < 4.78 is 13.0. The van der Waals surface area contributed by atoms with Gasteiger partial charge in [-0.25, -0.2) is 4.39 Å². The van der Waals surface area contributed by atoms with Crippen molar-refractivity contribution < 1.29 is 4.39 Å². The summed E-state index contributed by atoms with van der Waals surface area (Å²) in [5.74, 6) is 0.111. The lowest BCUT2D eigenvalue weighted by Crippen LogP contribution is -2.23. The highest BCUT2D eigenvalue weighted by Crippen LogP contribution is 2.25. The Hall–Kier alpha value is -2.50. The van der Waals surface area contributed by atoms with E-state index in [1.165, 1.54) is 18.3 Å². The summed E-state index contributed by atoms with van der Waals surface area (Å²) in [5, 5.41) is 15.4. The van der Waals surface area contributed by atoms with Gasteiger partial charge in [-0.1, -0.05) is 0 Å². The molecule has 6 heteroatoms. The molecule has 5 nitrogen and oxygen atoms in total. The smallest absolute Gasteiger partial charge is 0.166 e. The molecule has 0 saturated heterocycles. The second-order valence-corrected chi connectivity index (χ2v) is 3.90. The molecule has 0 spiro atoms. The zero-order valence-electron chi connectivity index (χ0n) is 10.5. The Kier molecular flexibility index (Phi) is 3.70. The van der Waals surface area contributed by atoms with Gasteiger partial charge >= 0.3 is 0 Å². The van der Waals surface area contributed by atoms with Crippen LogP contribution in [0, 0.1) is 11.2 Å². The highest BCUT2D eigenvalue weighted by molar-refractivity contribution is 6.00. The minimum Gasteiger partial charge on any atom is -0.384 e. The molecule has 1 aromatic carbocycles. The Morgan fingerprint density at radius 2 is 2.00 bits per heavy atom. The first-order valence-electron chi connectivity index (χ1n) is 5.82. The van der Waals surface area contributed by atoms with Gasteiger partial charge in [0.25, 0.3) is 0 Å². The predicted molar refractivity (Wildman–Crippen MR) is 72.1 cm³/mol. The number of nitrogens with one attached hydrogen (secondary N) is 1. The molecule has 0 bridgehead atoms. The van der Waals surface area contributed by atoms with Crippen LogP contribution in [0.15, 0.2) is 36.5 Å². The fraction of sp³-hybridized carbons (Fsp3) is 0.154. The van der Waals surface area contributed by atoms with Crippen molar-refractivity contribution in [3.05, 3.63) is 47.9 Å². The first kappa shape index (κ1) is 12.9. The van der Waals surface area contributed by atoms with Crippen LogP contribution in [0.1, 0.15) is 12.5 Å². The molecule has 2 aromatic rings. The summed E-state index contributed by atoms with van der Waals surface area (Å²) in [6, 6.07) is 7.69. The quantitative estimate of drug-likeness (QED) is 0.650. The number of nitrogen functional groups attached to an aromatic ring is 1. The summed E-state index contributed by atoms with van der Waals surface area (Å²) in [5.41, 5.74) is 6.81. The van der Waals surface area contributed by atoms with Gasteiger partial charge in [0.05, 0.1) is 11.8 Å². The Labute approximate surface area is 110 Å². The highest BCUT2D eigenvalue weighted by atomic mass is 19.1. The topological polar surface area (TPSA) is 78.9 Å². The lowest BCUT2D eigenvalue weighted by molar-refractivity contribution is 0.627. The maximum Gasteiger partial charge on any atom is 0.166 e. The molecule has 0 amide bonds. The first-order chi connectivity index (χ1) is 9.13. The van der Waals surface area contributed by atoms with Crippen LogP contribution in [0.25, 0.3) is 0 Å². The maximum atomic E-state index is 13.0. The lowest BCUT2D eigenvalue weighted by Gasteiger charge is -2.23. The predicted octanol–water partition coefficient (Wildman–Crippen LogP) is 2.06. The fourth-order valence-electron chi connectivity index (χ4n) is 1.81. The van der Waals surface area contributed by atoms with E-state index >= 15 is 0 Å². The van der Waals surface area contributed by atoms with E-state index in [0.29, 0.717) is 17.9 Å². The van der Waals surface area contributed by atoms with Crippen molar-refractivity contribution in [2.24, 2.45) is 5.73 Å². The molecule has 3 N–H and O–H groups in total. The number of amidine groups is 1. The van der Waals surface area contributed by atoms with Crippen LogP contribution >= 0.6 is 0 Å². The molecule has 0 aliphatic heterocycles. The van der Waals surface area contributed by atoms with E-state index in [1.807, 2.05) is 11.8 Å². The van der Waals surface area contributed by atoms with Gasteiger partial charge in [-0.3, -0.25) is 5.41 Å². The van der Waals surface area contributed by atoms with E-state index in [0.717, 1.165) is 5.69 Å². The molecule has 98 valence electrons. The first-order valence-corrected chi connectivity index (χ1v) is 5.82. The monoisotopic (exact) mass is 259 g/mol. The molecule has 0 unspecified atom stereocenters. The Bertz CT molecular complexity index is 582. The van der Waals surface area contributed by atoms with Crippen molar-refractivity contribution in [2.45, 2.75) is 6.92 Å². The lowest BCUT2D eigenvalue weighted by atomic mass is 10.2. The van der Waals surface area contributed by atoms with Crippen molar-refractivity contribution in [1.82, 2.24) is 10.2 Å². The average Bonchev–Trinajstić information content (AvgIpc) is 2.42. The number of benzene rings is 1. The van der Waals surface area contributed by atoms with Crippen molar-refractivity contribution >= 4 is 17.3 Å². The SMILES string of the molecule is CCN(c1ccc(F)cc1)c1nnccc1C(=N)N. The molecule has 19 heavy (non-hydrogen) atoms. The number of halogens is 1. The average molecular weight is 259 g/mol. The third kappa shape index (κ3) is 2.67. The number of aromatic nitrogens is 2. The number of nitrogens with zero attached hydrogens (tertiary/aromatic N) is 3. The van der Waals surface area contributed by atoms with Gasteiger partial charge in [-0.05, 0) is 37.3 Å². The van der Waals surface area contributed by atoms with E-state index in [-0.39, 0.29) is 11.7 Å². The molecule has 0 atom stereocenters. The van der Waals surface area contributed by atoms with E-state index in [2.05, 4.69) is 10.2 Å². The van der Waals surface area contributed by atoms with Crippen molar-refractivity contribution in [3.63, 3.8) is 0 Å². The van der Waals surface area contributed by atoms with Crippen LogP contribution in [0.2, 0.25) is 0 Å². The van der Waals surface area contributed by atoms with Gasteiger partial charge < -0.3 is 10.6 Å². The van der Waals surface area contributed by atoms with Gasteiger partial charge in [0.2, 0.25) is 0 Å². The number of hydrogen-bond donors (Lipinski definition) is 2. The minimum absolute atomic E-state index is 0.0783. The van der Waals surface area contributed by atoms with Gasteiger partial charge in [0.15, 0.2) is 5.82 Å². The van der Waals surface area contributed by atoms with Gasteiger partial charge in [-0.15, -0.1) is 5.10 Å². The molecule has 0 aliphatic carbocycles. The van der Waals surface area contributed by atoms with Crippen LogP contribution in [0.3, 0.4) is 0 Å². The van der Waals surface area contributed by atoms with Crippen molar-refractivity contribution in [3.8, 4) is 0 Å². The van der Waals surface area contributed by atoms with Crippen LogP contribution in [0.5, 0.6) is 0 Å². The number of hydrogen-bond acceptors (Lipinski definition) is 4. The highest BCUT2D eigenvalue weighted by Gasteiger charge is 2.15. The maximum absolute atomic E-state index is 13.0. The molecule has 0 aliphatic rings. The summed E-state index contributed by atoms with van der Waals surface area (Å²) in [6.07, 6.45) is 1.48. The third-order valence-electron chi connectivity index (χ3n) is 2.70. The van der Waals surface area contributed by atoms with E-state index in [1.54, 1.807) is 18.2 Å². The summed E-state index contributed by atoms with van der Waals surface area (Å²) in [7, 11) is 0. The Balaban J connectivity index is 2.48. The summed E-state index contributed by atoms with van der Waals surface area (Å²) >= 11 is 0. The molecular formula is C13H14FN5. The Morgan fingerprint density at radius 1 is 1.32 bits per heavy atom. The largest absolute Gasteiger partial charge is 0.384 e. The van der Waals surface area contributed by atoms with E-state index in [9.17, 15) is 4.39 Å². The van der Waals surface area contributed by atoms with Crippen molar-refractivity contribution in [1.29, 1.82) is 5.41 Å². The zero-order valence-corrected chi connectivity index (χ0v) is 10.5. The summed E-state index contributed by atoms with van der Waals surface area (Å²) in [4.78, 5) is 1.82. The molecular weight excluding hydrogens is 245 g/mol. The third-order valence-corrected chi connectivity index (χ3v) is 2.70. The van der Waals surface area contributed by atoms with Crippen LogP contribution < -0.4 is 10.6 Å². The van der Waals surface area contributed by atoms with Crippen LogP contribution in [0.4, 0.5) is 15.9 Å². The Morgan fingerprint density at radius 3 is 2.58 bits per heavy atom. The molecule has 0 saturated carbocycles. The molecule has 2 rings (SSSR count). The molecule has 0 radical (unpaired) electrons. The molecule has 0 fully saturated rings. The van der Waals surface area contributed by atoms with Gasteiger partial charge in [-0.2, -0.15) is 5.10 Å². The fourth-order valence-corrected chi connectivity index (χ4v) is 1.81. The number of rotatable bonds is 4. The van der Waals surface area contributed by atoms with Gasteiger partial charge in [0.1, 0.15) is 11.7 Å². The van der Waals surface area contributed by atoms with Crippen molar-refractivity contribution in [2.75, 3.05) is 11.4 Å². The number of nitrogens with two attached hydrogens (primary N) is 1. The standard InChI is InChI=1S/C13H14FN5/c1-2-19(10-5-3-9(14)4-6-10)13-11(12(15)16)7-8-17-18-13/h3-8H,2H2,1H3,(H3,15,16). The zero-order chi connectivity index (χ0) is 13.8. The van der Waals surface area contributed by atoms with E-state index in [4.69, 9.17) is 11.1 Å². The van der Waals surface area contributed by atoms with E-state index < -0.39 is 0 Å². The minimum atomic E-state index is -0.300. The normalized spacial score (nSPS) is 10.2. The van der Waals surface area contributed by atoms with Crippen LogP contribution in [-0.4, -0.2) is 22.6 Å². The molecule has 1 heterocycles. The van der Waals surface area contributed by atoms with Crippen LogP contribution in [-0.2, 0) is 0 Å².